The van der Waals surface area contributed by atoms with Crippen molar-refractivity contribution < 1.29 is 32.1 Å². The second-order valence-corrected chi connectivity index (χ2v) is 8.46. The van der Waals surface area contributed by atoms with Crippen LogP contribution < -0.4 is 15.5 Å². The van der Waals surface area contributed by atoms with Gasteiger partial charge in [0, 0.05) is 31.4 Å². The molecule has 16 heteroatoms. The maximum absolute atomic E-state index is 13.3. The van der Waals surface area contributed by atoms with Crippen molar-refractivity contribution in [3.63, 3.8) is 0 Å². The Labute approximate surface area is 224 Å². The minimum Gasteiger partial charge on any atom is -0.340 e. The van der Waals surface area contributed by atoms with Crippen LogP contribution in [0.4, 0.5) is 29.6 Å². The van der Waals surface area contributed by atoms with Crippen LogP contribution in [0.3, 0.4) is 0 Å². The van der Waals surface area contributed by atoms with E-state index in [9.17, 15) is 27.6 Å². The number of rotatable bonds is 8. The van der Waals surface area contributed by atoms with E-state index in [1.807, 2.05) is 0 Å². The number of aromatic nitrogens is 6. The molecule has 0 bridgehead atoms. The van der Waals surface area contributed by atoms with E-state index in [-0.39, 0.29) is 53.2 Å². The van der Waals surface area contributed by atoms with E-state index in [0.717, 1.165) is 11.0 Å². The van der Waals surface area contributed by atoms with Gasteiger partial charge in [-0.15, -0.1) is 0 Å². The standard InChI is InChI=1S/C24H22F3N9O4/c1-13-16(24(25,26)27)7-15(8-28-13)17-5-4-6-19(32-17)33-21(38)10-36-12-30-22(18(36)11-37)35(3)23(39)29-9-20-31-14(2)40-34-20/h4-8,11-12H,9-10H2,1-3H3,(H,29,39)(H,32,33,38). The highest BCUT2D eigenvalue weighted by Crippen LogP contribution is 2.33. The van der Waals surface area contributed by atoms with Gasteiger partial charge in [-0.3, -0.25) is 19.5 Å². The normalized spacial score (nSPS) is 11.2. The van der Waals surface area contributed by atoms with E-state index in [1.165, 1.54) is 49.3 Å². The number of hydrogen-bond donors (Lipinski definition) is 2. The summed E-state index contributed by atoms with van der Waals surface area (Å²) in [6, 6.07) is 4.78. The Balaban J connectivity index is 1.44. The maximum Gasteiger partial charge on any atom is 0.418 e. The molecular weight excluding hydrogens is 535 g/mol. The fourth-order valence-corrected chi connectivity index (χ4v) is 3.63. The lowest BCUT2D eigenvalue weighted by molar-refractivity contribution is -0.138. The first-order chi connectivity index (χ1) is 19.0. The van der Waals surface area contributed by atoms with Gasteiger partial charge in [-0.1, -0.05) is 11.2 Å². The minimum atomic E-state index is -4.58. The number of imidazole rings is 1. The summed E-state index contributed by atoms with van der Waals surface area (Å²) >= 11 is 0. The second-order valence-electron chi connectivity index (χ2n) is 8.46. The van der Waals surface area contributed by atoms with Gasteiger partial charge in [0.05, 0.1) is 24.1 Å². The van der Waals surface area contributed by atoms with Gasteiger partial charge in [-0.05, 0) is 25.1 Å². The molecule has 0 aliphatic carbocycles. The largest absolute Gasteiger partial charge is 0.418 e. The Hall–Kier alpha value is -5.15. The van der Waals surface area contributed by atoms with Crippen molar-refractivity contribution in [1.82, 2.24) is 35.0 Å². The van der Waals surface area contributed by atoms with Crippen molar-refractivity contribution in [3.05, 3.63) is 65.5 Å². The summed E-state index contributed by atoms with van der Waals surface area (Å²) < 4.78 is 45.9. The van der Waals surface area contributed by atoms with Gasteiger partial charge in [0.2, 0.25) is 11.8 Å². The predicted octanol–water partition coefficient (Wildman–Crippen LogP) is 3.16. The topological polar surface area (TPSA) is 161 Å². The molecule has 0 aliphatic rings. The zero-order chi connectivity index (χ0) is 29.0. The lowest BCUT2D eigenvalue weighted by Crippen LogP contribution is -2.38. The van der Waals surface area contributed by atoms with Gasteiger partial charge in [-0.25, -0.2) is 14.8 Å². The first kappa shape index (κ1) is 27.9. The molecule has 0 radical (unpaired) electrons. The number of carbonyl (C=O) groups is 3. The third kappa shape index (κ3) is 6.28. The number of hydrogen-bond acceptors (Lipinski definition) is 9. The molecule has 208 valence electrons. The van der Waals surface area contributed by atoms with Gasteiger partial charge in [0.15, 0.2) is 17.9 Å². The number of nitrogens with one attached hydrogen (secondary N) is 2. The van der Waals surface area contributed by atoms with Crippen molar-refractivity contribution in [1.29, 1.82) is 0 Å². The lowest BCUT2D eigenvalue weighted by Gasteiger charge is -2.16. The Morgan fingerprint density at radius 1 is 1.18 bits per heavy atom. The molecule has 4 aromatic heterocycles. The van der Waals surface area contributed by atoms with Crippen LogP contribution >= 0.6 is 0 Å². The van der Waals surface area contributed by atoms with Crippen LogP contribution in [-0.2, 0) is 24.1 Å². The number of carbonyl (C=O) groups excluding carboxylic acids is 3. The predicted molar refractivity (Wildman–Crippen MR) is 133 cm³/mol. The third-order valence-electron chi connectivity index (χ3n) is 5.58. The molecule has 4 heterocycles. The Kier molecular flexibility index (Phi) is 7.88. The smallest absolute Gasteiger partial charge is 0.340 e. The van der Waals surface area contributed by atoms with Crippen LogP contribution in [0.25, 0.3) is 11.3 Å². The molecule has 0 saturated heterocycles. The summed E-state index contributed by atoms with van der Waals surface area (Å²) in [4.78, 5) is 54.2. The van der Waals surface area contributed by atoms with Gasteiger partial charge >= 0.3 is 12.2 Å². The molecule has 0 atom stereocenters. The van der Waals surface area contributed by atoms with Crippen molar-refractivity contribution in [2.45, 2.75) is 33.1 Å². The SMILES string of the molecule is Cc1nc(CNC(=O)N(C)c2ncn(CC(=O)Nc3cccc(-c4cnc(C)c(C(F)(F)F)c4)n3)c2C=O)no1. The highest BCUT2D eigenvalue weighted by atomic mass is 19.4. The average Bonchev–Trinajstić information content (AvgIpc) is 3.51. The summed E-state index contributed by atoms with van der Waals surface area (Å²) in [6.07, 6.45) is -1.66. The van der Waals surface area contributed by atoms with Gasteiger partial charge < -0.3 is 19.7 Å². The molecule has 0 aliphatic heterocycles. The van der Waals surface area contributed by atoms with Gasteiger partial charge in [-0.2, -0.15) is 18.2 Å². The molecule has 4 aromatic rings. The summed E-state index contributed by atoms with van der Waals surface area (Å²) in [6.45, 7) is 2.47. The number of urea groups is 1. The highest BCUT2D eigenvalue weighted by Gasteiger charge is 2.33. The molecule has 4 rings (SSSR count). The minimum absolute atomic E-state index is 0.00273. The first-order valence-electron chi connectivity index (χ1n) is 11.6. The molecule has 0 fully saturated rings. The van der Waals surface area contributed by atoms with Gasteiger partial charge in [0.25, 0.3) is 0 Å². The number of pyridine rings is 2. The Morgan fingerprint density at radius 2 is 1.95 bits per heavy atom. The maximum atomic E-state index is 13.3. The Bertz CT molecular complexity index is 1570. The van der Waals surface area contributed by atoms with Gasteiger partial charge in [0.1, 0.15) is 18.1 Å². The van der Waals surface area contributed by atoms with Crippen LogP contribution in [0, 0.1) is 13.8 Å². The van der Waals surface area contributed by atoms with E-state index in [1.54, 1.807) is 6.92 Å². The lowest BCUT2D eigenvalue weighted by atomic mass is 10.1. The van der Waals surface area contributed by atoms with E-state index in [2.05, 4.69) is 35.7 Å². The molecule has 40 heavy (non-hydrogen) atoms. The molecule has 0 spiro atoms. The van der Waals surface area contributed by atoms with E-state index < -0.39 is 23.7 Å². The van der Waals surface area contributed by atoms with E-state index >= 15 is 0 Å². The summed E-state index contributed by atoms with van der Waals surface area (Å²) in [7, 11) is 1.39. The molecule has 0 aromatic carbocycles. The molecule has 0 unspecified atom stereocenters. The monoisotopic (exact) mass is 557 g/mol. The van der Waals surface area contributed by atoms with E-state index in [0.29, 0.717) is 12.2 Å². The number of nitrogens with zero attached hydrogens (tertiary/aromatic N) is 7. The summed E-state index contributed by atoms with van der Waals surface area (Å²) in [5.41, 5.74) is -0.820. The fourth-order valence-electron chi connectivity index (χ4n) is 3.63. The Morgan fingerprint density at radius 3 is 2.62 bits per heavy atom. The summed E-state index contributed by atoms with van der Waals surface area (Å²) in [5.74, 6) is 0.0564. The molecule has 3 amide bonds. The van der Waals surface area contributed by atoms with Crippen molar-refractivity contribution >= 4 is 29.9 Å². The number of aryl methyl sites for hydroxylation is 2. The first-order valence-corrected chi connectivity index (χ1v) is 11.6. The molecular formula is C24H22F3N9O4. The molecule has 13 nitrogen and oxygen atoms in total. The fraction of sp³-hybridized carbons (Fsp3) is 0.250. The van der Waals surface area contributed by atoms with E-state index in [4.69, 9.17) is 4.52 Å². The van der Waals surface area contributed by atoms with Crippen molar-refractivity contribution in [3.8, 4) is 11.3 Å². The number of alkyl halides is 3. The number of aldehydes is 1. The van der Waals surface area contributed by atoms with Crippen LogP contribution in [0.1, 0.15) is 33.5 Å². The van der Waals surface area contributed by atoms with Crippen molar-refractivity contribution in [2.75, 3.05) is 17.3 Å². The quantitative estimate of drug-likeness (QED) is 0.310. The third-order valence-corrected chi connectivity index (χ3v) is 5.58. The molecule has 2 N–H and O–H groups in total. The summed E-state index contributed by atoms with van der Waals surface area (Å²) in [5, 5.41) is 8.77. The van der Waals surface area contributed by atoms with Crippen LogP contribution in [0.2, 0.25) is 0 Å². The second kappa shape index (κ2) is 11.3. The average molecular weight is 557 g/mol. The van der Waals surface area contributed by atoms with Crippen LogP contribution in [0.5, 0.6) is 0 Å². The zero-order valence-corrected chi connectivity index (χ0v) is 21.4. The number of anilines is 2. The number of halogens is 3. The van der Waals surface area contributed by atoms with Crippen LogP contribution in [0.15, 0.2) is 41.3 Å². The number of amides is 3. The highest BCUT2D eigenvalue weighted by molar-refractivity contribution is 5.96. The molecule has 0 saturated carbocycles. The van der Waals surface area contributed by atoms with Crippen molar-refractivity contribution in [2.24, 2.45) is 0 Å². The zero-order valence-electron chi connectivity index (χ0n) is 21.4. The van der Waals surface area contributed by atoms with Crippen LogP contribution in [-0.4, -0.2) is 54.9 Å².